The maximum atomic E-state index is 12.7. The number of carbonyl (C=O) groups is 2. The number of aromatic nitrogens is 1. The van der Waals surface area contributed by atoms with E-state index in [0.29, 0.717) is 40.3 Å². The normalized spacial score (nSPS) is 17.3. The first-order valence-corrected chi connectivity index (χ1v) is 10.9. The molecule has 0 saturated carbocycles. The Balaban J connectivity index is 1.22. The van der Waals surface area contributed by atoms with E-state index in [4.69, 9.17) is 21.1 Å². The molecule has 0 radical (unpaired) electrons. The Kier molecular flexibility index (Phi) is 5.25. The van der Waals surface area contributed by atoms with E-state index < -0.39 is 5.92 Å². The summed E-state index contributed by atoms with van der Waals surface area (Å²) < 4.78 is 10.7. The average Bonchev–Trinajstić information content (AvgIpc) is 3.49. The van der Waals surface area contributed by atoms with E-state index in [-0.39, 0.29) is 25.0 Å². The fourth-order valence-corrected chi connectivity index (χ4v) is 4.62. The summed E-state index contributed by atoms with van der Waals surface area (Å²) in [4.78, 5) is 32.2. The van der Waals surface area contributed by atoms with Crippen molar-refractivity contribution in [3.63, 3.8) is 0 Å². The number of ether oxygens (including phenoxy) is 2. The molecule has 31 heavy (non-hydrogen) atoms. The van der Waals surface area contributed by atoms with Gasteiger partial charge in [0, 0.05) is 47.2 Å². The second kappa shape index (κ2) is 8.20. The zero-order valence-corrected chi connectivity index (χ0v) is 17.9. The van der Waals surface area contributed by atoms with E-state index in [1.54, 1.807) is 29.3 Å². The van der Waals surface area contributed by atoms with Crippen LogP contribution in [0.2, 0.25) is 5.02 Å². The van der Waals surface area contributed by atoms with Gasteiger partial charge in [-0.25, -0.2) is 4.98 Å². The highest BCUT2D eigenvalue weighted by atomic mass is 35.5. The molecule has 0 bridgehead atoms. The van der Waals surface area contributed by atoms with Gasteiger partial charge in [-0.2, -0.15) is 0 Å². The zero-order valence-electron chi connectivity index (χ0n) is 16.3. The van der Waals surface area contributed by atoms with Crippen molar-refractivity contribution in [3.8, 4) is 11.5 Å². The Labute approximate surface area is 187 Å². The Hall–Kier alpha value is -3.10. The number of halogens is 1. The Morgan fingerprint density at radius 3 is 2.84 bits per heavy atom. The van der Waals surface area contributed by atoms with E-state index in [1.807, 2.05) is 24.3 Å². The first-order valence-electron chi connectivity index (χ1n) is 9.75. The first-order chi connectivity index (χ1) is 15.0. The van der Waals surface area contributed by atoms with Crippen molar-refractivity contribution in [2.24, 2.45) is 5.92 Å². The van der Waals surface area contributed by atoms with Gasteiger partial charge in [-0.3, -0.25) is 9.59 Å². The van der Waals surface area contributed by atoms with Crippen LogP contribution in [0, 0.1) is 5.92 Å². The molecular weight excluding hydrogens is 438 g/mol. The third-order valence-electron chi connectivity index (χ3n) is 5.24. The van der Waals surface area contributed by atoms with Crippen LogP contribution in [-0.2, 0) is 16.0 Å². The number of hydrogen-bond acceptors (Lipinski definition) is 6. The van der Waals surface area contributed by atoms with Crippen molar-refractivity contribution >= 4 is 45.6 Å². The summed E-state index contributed by atoms with van der Waals surface area (Å²) in [6.07, 6.45) is 2.63. The van der Waals surface area contributed by atoms with E-state index in [2.05, 4.69) is 10.3 Å². The summed E-state index contributed by atoms with van der Waals surface area (Å²) in [6, 6.07) is 13.0. The minimum absolute atomic E-state index is 0.0958. The highest BCUT2D eigenvalue weighted by molar-refractivity contribution is 7.15. The molecule has 0 unspecified atom stereocenters. The third-order valence-corrected chi connectivity index (χ3v) is 6.40. The molecule has 2 amide bonds. The van der Waals surface area contributed by atoms with Crippen LogP contribution in [-0.4, -0.2) is 30.1 Å². The van der Waals surface area contributed by atoms with Gasteiger partial charge in [0.1, 0.15) is 0 Å². The van der Waals surface area contributed by atoms with Gasteiger partial charge in [-0.15, -0.1) is 11.3 Å². The number of benzene rings is 2. The van der Waals surface area contributed by atoms with Crippen molar-refractivity contribution < 1.29 is 19.1 Å². The fraction of sp³-hybridized carbons (Fsp3) is 0.227. The number of anilines is 2. The molecule has 1 fully saturated rings. The standard InChI is InChI=1S/C22H18ClN3O4S/c23-15-3-1-13(2-4-15)7-17-10-24-22(31-17)25-21(28)14-8-20(27)26(11-14)16-5-6-18-19(9-16)30-12-29-18/h1-6,9-10,14H,7-8,11-12H2,(H,24,25,28)/t14-/m0/s1. The number of carbonyl (C=O) groups excluding carboxylic acids is 2. The van der Waals surface area contributed by atoms with Crippen LogP contribution < -0.4 is 19.7 Å². The number of hydrogen-bond donors (Lipinski definition) is 1. The summed E-state index contributed by atoms with van der Waals surface area (Å²) in [5.74, 6) is 0.518. The van der Waals surface area contributed by atoms with Crippen LogP contribution in [0.1, 0.15) is 16.9 Å². The lowest BCUT2D eigenvalue weighted by Gasteiger charge is -2.17. The Morgan fingerprint density at radius 2 is 2.00 bits per heavy atom. The van der Waals surface area contributed by atoms with Gasteiger partial charge in [0.05, 0.1) is 5.92 Å². The number of nitrogens with zero attached hydrogens (tertiary/aromatic N) is 2. The van der Waals surface area contributed by atoms with Crippen molar-refractivity contribution in [1.82, 2.24) is 4.98 Å². The van der Waals surface area contributed by atoms with Crippen LogP contribution >= 0.6 is 22.9 Å². The predicted molar refractivity (Wildman–Crippen MR) is 118 cm³/mol. The summed E-state index contributed by atoms with van der Waals surface area (Å²) in [5.41, 5.74) is 1.82. The van der Waals surface area contributed by atoms with Gasteiger partial charge in [0.15, 0.2) is 16.6 Å². The molecule has 2 aliphatic heterocycles. The van der Waals surface area contributed by atoms with Crippen LogP contribution in [0.25, 0.3) is 0 Å². The molecule has 7 nitrogen and oxygen atoms in total. The Morgan fingerprint density at radius 1 is 1.19 bits per heavy atom. The molecule has 9 heteroatoms. The van der Waals surface area contributed by atoms with Gasteiger partial charge in [0.25, 0.3) is 0 Å². The molecule has 1 atom stereocenters. The average molecular weight is 456 g/mol. The zero-order chi connectivity index (χ0) is 21.4. The van der Waals surface area contributed by atoms with Gasteiger partial charge in [-0.05, 0) is 29.8 Å². The number of amides is 2. The molecule has 1 aromatic heterocycles. The number of nitrogens with one attached hydrogen (secondary N) is 1. The molecule has 3 heterocycles. The maximum absolute atomic E-state index is 12.7. The lowest BCUT2D eigenvalue weighted by molar-refractivity contribution is -0.122. The summed E-state index contributed by atoms with van der Waals surface area (Å²) >= 11 is 7.35. The van der Waals surface area contributed by atoms with Gasteiger partial charge < -0.3 is 19.7 Å². The third kappa shape index (κ3) is 4.22. The Bertz CT molecular complexity index is 1150. The van der Waals surface area contributed by atoms with Gasteiger partial charge >= 0.3 is 0 Å². The smallest absolute Gasteiger partial charge is 0.231 e. The van der Waals surface area contributed by atoms with E-state index in [0.717, 1.165) is 10.4 Å². The van der Waals surface area contributed by atoms with Crippen LogP contribution in [0.4, 0.5) is 10.8 Å². The van der Waals surface area contributed by atoms with E-state index >= 15 is 0 Å². The largest absolute Gasteiger partial charge is 0.454 e. The minimum atomic E-state index is -0.443. The van der Waals surface area contributed by atoms with Crippen molar-refractivity contribution in [3.05, 3.63) is 64.1 Å². The molecule has 5 rings (SSSR count). The first kappa shape index (κ1) is 19.8. The van der Waals surface area contributed by atoms with E-state index in [1.165, 1.54) is 11.3 Å². The molecule has 0 aliphatic carbocycles. The molecule has 158 valence electrons. The van der Waals surface area contributed by atoms with Crippen LogP contribution in [0.5, 0.6) is 11.5 Å². The predicted octanol–water partition coefficient (Wildman–Crippen LogP) is 4.11. The van der Waals surface area contributed by atoms with Crippen LogP contribution in [0.3, 0.4) is 0 Å². The lowest BCUT2D eigenvalue weighted by atomic mass is 10.1. The van der Waals surface area contributed by atoms with E-state index in [9.17, 15) is 9.59 Å². The molecular formula is C22H18ClN3O4S. The maximum Gasteiger partial charge on any atom is 0.231 e. The van der Waals surface area contributed by atoms with Crippen molar-refractivity contribution in [1.29, 1.82) is 0 Å². The molecule has 3 aromatic rings. The van der Waals surface area contributed by atoms with Gasteiger partial charge in [-0.1, -0.05) is 23.7 Å². The topological polar surface area (TPSA) is 80.8 Å². The fourth-order valence-electron chi connectivity index (χ4n) is 3.64. The number of thiazole rings is 1. The number of fused-ring (bicyclic) bond motifs is 1. The number of rotatable bonds is 5. The second-order valence-corrected chi connectivity index (χ2v) is 8.92. The summed E-state index contributed by atoms with van der Waals surface area (Å²) in [6.45, 7) is 0.485. The summed E-state index contributed by atoms with van der Waals surface area (Å²) in [5, 5.41) is 4.08. The molecule has 0 spiro atoms. The second-order valence-electron chi connectivity index (χ2n) is 7.37. The SMILES string of the molecule is O=C(Nc1ncc(Cc2ccc(Cl)cc2)s1)[C@H]1CC(=O)N(c2ccc3c(c2)OCO3)C1. The van der Waals surface area contributed by atoms with Gasteiger partial charge in [0.2, 0.25) is 18.6 Å². The minimum Gasteiger partial charge on any atom is -0.454 e. The quantitative estimate of drug-likeness (QED) is 0.626. The monoisotopic (exact) mass is 455 g/mol. The molecule has 2 aliphatic rings. The summed E-state index contributed by atoms with van der Waals surface area (Å²) in [7, 11) is 0. The van der Waals surface area contributed by atoms with Crippen LogP contribution in [0.15, 0.2) is 48.7 Å². The van der Waals surface area contributed by atoms with Crippen molar-refractivity contribution in [2.45, 2.75) is 12.8 Å². The molecule has 2 aromatic carbocycles. The highest BCUT2D eigenvalue weighted by Gasteiger charge is 2.36. The van der Waals surface area contributed by atoms with Crippen molar-refractivity contribution in [2.75, 3.05) is 23.6 Å². The molecule has 1 N–H and O–H groups in total. The molecule has 1 saturated heterocycles. The lowest BCUT2D eigenvalue weighted by Crippen LogP contribution is -2.28. The highest BCUT2D eigenvalue weighted by Crippen LogP contribution is 2.37.